The zero-order valence-electron chi connectivity index (χ0n) is 16.6. The number of anilines is 1. The summed E-state index contributed by atoms with van der Waals surface area (Å²) in [6.45, 7) is 1.82. The number of aromatic nitrogens is 1. The van der Waals surface area contributed by atoms with Crippen LogP contribution in [-0.4, -0.2) is 15.8 Å². The molecule has 2 aromatic heterocycles. The van der Waals surface area contributed by atoms with Crippen molar-refractivity contribution in [3.8, 4) is 0 Å². The van der Waals surface area contributed by atoms with Gasteiger partial charge in [-0.1, -0.05) is 12.1 Å². The molecule has 0 radical (unpaired) electrons. The van der Waals surface area contributed by atoms with Crippen molar-refractivity contribution in [1.29, 1.82) is 0 Å². The molecule has 1 aliphatic heterocycles. The van der Waals surface area contributed by atoms with Crippen LogP contribution in [0.4, 0.5) is 15.9 Å². The molecule has 3 heterocycles. The van der Waals surface area contributed by atoms with Crippen molar-refractivity contribution in [1.82, 2.24) is 4.98 Å². The number of amides is 1. The summed E-state index contributed by atoms with van der Waals surface area (Å²) >= 11 is 0. The topological polar surface area (TPSA) is 107 Å². The van der Waals surface area contributed by atoms with E-state index in [0.29, 0.717) is 5.56 Å². The van der Waals surface area contributed by atoms with E-state index >= 15 is 0 Å². The summed E-state index contributed by atoms with van der Waals surface area (Å²) in [5, 5.41) is 11.3. The van der Waals surface area contributed by atoms with Gasteiger partial charge in [-0.25, -0.2) is 9.37 Å². The number of pyridine rings is 1. The Morgan fingerprint density at radius 2 is 1.94 bits per heavy atom. The second-order valence-electron chi connectivity index (χ2n) is 7.44. The minimum Gasteiger partial charge on any atom is -0.450 e. The number of rotatable bonds is 3. The van der Waals surface area contributed by atoms with Gasteiger partial charge in [0.1, 0.15) is 17.2 Å². The highest BCUT2D eigenvalue weighted by Gasteiger charge is 2.44. The van der Waals surface area contributed by atoms with Crippen LogP contribution in [0.2, 0.25) is 0 Å². The molecule has 0 unspecified atom stereocenters. The first-order valence-corrected chi connectivity index (χ1v) is 9.62. The molecule has 4 aromatic rings. The molecule has 158 valence electrons. The van der Waals surface area contributed by atoms with Gasteiger partial charge < -0.3 is 4.42 Å². The number of nitro groups is 1. The van der Waals surface area contributed by atoms with Crippen molar-refractivity contribution in [2.24, 2.45) is 0 Å². The van der Waals surface area contributed by atoms with Crippen LogP contribution < -0.4 is 10.3 Å². The smallest absolute Gasteiger partial charge is 0.296 e. The van der Waals surface area contributed by atoms with E-state index < -0.39 is 28.1 Å². The molecule has 1 atom stereocenters. The van der Waals surface area contributed by atoms with Crippen LogP contribution in [0.1, 0.15) is 33.3 Å². The summed E-state index contributed by atoms with van der Waals surface area (Å²) in [4.78, 5) is 43.2. The van der Waals surface area contributed by atoms with Gasteiger partial charge in [0, 0.05) is 18.3 Å². The lowest BCUT2D eigenvalue weighted by Crippen LogP contribution is -2.30. The fraction of sp³-hybridized carbons (Fsp3) is 0.0870. The molecule has 0 saturated heterocycles. The molecule has 1 amide bonds. The summed E-state index contributed by atoms with van der Waals surface area (Å²) in [7, 11) is 0. The fourth-order valence-corrected chi connectivity index (χ4v) is 3.96. The van der Waals surface area contributed by atoms with Crippen LogP contribution in [0, 0.1) is 22.9 Å². The van der Waals surface area contributed by atoms with Crippen LogP contribution >= 0.6 is 0 Å². The van der Waals surface area contributed by atoms with Gasteiger partial charge in [-0.2, -0.15) is 0 Å². The molecular formula is C23H14FN3O5. The second-order valence-corrected chi connectivity index (χ2v) is 7.44. The average Bonchev–Trinajstić information content (AvgIpc) is 3.07. The zero-order valence-corrected chi connectivity index (χ0v) is 16.6. The summed E-state index contributed by atoms with van der Waals surface area (Å²) in [6, 6.07) is 11.5. The van der Waals surface area contributed by atoms with Gasteiger partial charge in [-0.3, -0.25) is 24.6 Å². The molecule has 32 heavy (non-hydrogen) atoms. The van der Waals surface area contributed by atoms with Crippen LogP contribution in [0.5, 0.6) is 0 Å². The fourth-order valence-electron chi connectivity index (χ4n) is 3.96. The van der Waals surface area contributed by atoms with E-state index in [9.17, 15) is 24.1 Å². The molecule has 0 saturated carbocycles. The van der Waals surface area contributed by atoms with Gasteiger partial charge in [0.2, 0.25) is 5.76 Å². The number of fused-ring (bicyclic) bond motifs is 2. The summed E-state index contributed by atoms with van der Waals surface area (Å²) in [5.41, 5.74) is 0.426. The minimum absolute atomic E-state index is 0.0168. The first kappa shape index (κ1) is 19.6. The number of nitrogens with zero attached hydrogens (tertiary/aromatic N) is 3. The van der Waals surface area contributed by atoms with Crippen molar-refractivity contribution in [2.75, 3.05) is 4.90 Å². The van der Waals surface area contributed by atoms with E-state index in [4.69, 9.17) is 4.42 Å². The third-order valence-corrected chi connectivity index (χ3v) is 5.38. The van der Waals surface area contributed by atoms with Gasteiger partial charge in [-0.15, -0.1) is 0 Å². The number of carbonyl (C=O) groups excluding carboxylic acids is 1. The van der Waals surface area contributed by atoms with Gasteiger partial charge in [0.05, 0.1) is 21.9 Å². The number of carbonyl (C=O) groups is 1. The summed E-state index contributed by atoms with van der Waals surface area (Å²) in [5.74, 6) is -1.18. The first-order chi connectivity index (χ1) is 15.3. The Morgan fingerprint density at radius 1 is 1.12 bits per heavy atom. The van der Waals surface area contributed by atoms with Crippen molar-refractivity contribution in [2.45, 2.75) is 13.0 Å². The average molecular weight is 431 g/mol. The minimum atomic E-state index is -1.03. The van der Waals surface area contributed by atoms with Crippen molar-refractivity contribution < 1.29 is 18.5 Å². The molecule has 0 fully saturated rings. The van der Waals surface area contributed by atoms with E-state index in [-0.39, 0.29) is 33.8 Å². The molecular weight excluding hydrogens is 417 g/mol. The maximum Gasteiger partial charge on any atom is 0.296 e. The normalized spacial score (nSPS) is 15.2. The SMILES string of the molecule is Cc1ccnc(N2C(=O)c3oc4ccc(F)cc4c(=O)c3[C@H]2c2cccc([N+](=O)[O-])c2)c1. The predicted molar refractivity (Wildman–Crippen MR) is 113 cm³/mol. The van der Waals surface area contributed by atoms with Gasteiger partial charge in [-0.05, 0) is 48.4 Å². The molecule has 0 N–H and O–H groups in total. The first-order valence-electron chi connectivity index (χ1n) is 9.62. The Labute approximate surface area is 179 Å². The number of aryl methyl sites for hydroxylation is 1. The quantitative estimate of drug-likeness (QED) is 0.354. The lowest BCUT2D eigenvalue weighted by atomic mass is 9.98. The Kier molecular flexibility index (Phi) is 4.33. The number of hydrogen-bond acceptors (Lipinski definition) is 6. The van der Waals surface area contributed by atoms with E-state index in [1.165, 1.54) is 35.4 Å². The van der Waals surface area contributed by atoms with Crippen molar-refractivity contribution in [3.63, 3.8) is 0 Å². The standard InChI is InChI=1S/C23H14FN3O5/c1-12-7-8-25-18(9-12)26-20(13-3-2-4-15(10-13)27(30)31)19-21(28)16-11-14(24)5-6-17(16)32-22(19)23(26)29/h2-11,20H,1H3/t20-/m1/s1. The highest BCUT2D eigenvalue weighted by molar-refractivity contribution is 6.10. The molecule has 0 spiro atoms. The van der Waals surface area contributed by atoms with E-state index in [0.717, 1.165) is 17.7 Å². The van der Waals surface area contributed by atoms with E-state index in [1.807, 2.05) is 6.92 Å². The Morgan fingerprint density at radius 3 is 2.69 bits per heavy atom. The molecule has 5 rings (SSSR count). The summed E-state index contributed by atoms with van der Waals surface area (Å²) < 4.78 is 19.6. The number of halogens is 1. The van der Waals surface area contributed by atoms with Crippen LogP contribution in [0.15, 0.2) is 70.0 Å². The monoisotopic (exact) mass is 431 g/mol. The molecule has 8 nitrogen and oxygen atoms in total. The van der Waals surface area contributed by atoms with Gasteiger partial charge in [0.15, 0.2) is 5.43 Å². The maximum atomic E-state index is 13.9. The Balaban J connectivity index is 1.83. The predicted octanol–water partition coefficient (Wildman–Crippen LogP) is 4.29. The number of nitro benzene ring substituents is 1. The molecule has 2 aromatic carbocycles. The van der Waals surface area contributed by atoms with Crippen LogP contribution in [0.25, 0.3) is 11.0 Å². The maximum absolute atomic E-state index is 13.9. The number of hydrogen-bond donors (Lipinski definition) is 0. The zero-order chi connectivity index (χ0) is 22.6. The van der Waals surface area contributed by atoms with Crippen LogP contribution in [-0.2, 0) is 0 Å². The third-order valence-electron chi connectivity index (χ3n) is 5.38. The van der Waals surface area contributed by atoms with E-state index in [2.05, 4.69) is 4.98 Å². The van der Waals surface area contributed by atoms with E-state index in [1.54, 1.807) is 18.2 Å². The number of benzene rings is 2. The Hall–Kier alpha value is -4.40. The lowest BCUT2D eigenvalue weighted by Gasteiger charge is -2.24. The molecule has 0 bridgehead atoms. The lowest BCUT2D eigenvalue weighted by molar-refractivity contribution is -0.384. The second kappa shape index (κ2) is 7.09. The summed E-state index contributed by atoms with van der Waals surface area (Å²) in [6.07, 6.45) is 1.52. The molecule has 9 heteroatoms. The van der Waals surface area contributed by atoms with Crippen molar-refractivity contribution >= 4 is 28.4 Å². The molecule has 0 aliphatic carbocycles. The van der Waals surface area contributed by atoms with Gasteiger partial charge in [0.25, 0.3) is 11.6 Å². The highest BCUT2D eigenvalue weighted by Crippen LogP contribution is 2.41. The molecule has 1 aliphatic rings. The van der Waals surface area contributed by atoms with Crippen LogP contribution in [0.3, 0.4) is 0 Å². The number of non-ortho nitro benzene ring substituents is 1. The Bertz CT molecular complexity index is 1500. The highest BCUT2D eigenvalue weighted by atomic mass is 19.1. The third kappa shape index (κ3) is 2.94. The van der Waals surface area contributed by atoms with Crippen molar-refractivity contribution in [3.05, 3.63) is 109 Å². The largest absolute Gasteiger partial charge is 0.450 e. The van der Waals surface area contributed by atoms with Gasteiger partial charge >= 0.3 is 0 Å².